The quantitative estimate of drug-likeness (QED) is 0.268. The number of hydrogen-bond donors (Lipinski definition) is 0. The molecular weight excluding hydrogens is 332 g/mol. The Morgan fingerprint density at radius 1 is 0.625 bits per heavy atom. The first-order valence-corrected chi connectivity index (χ1v) is 9.18. The average Bonchev–Trinajstić information content (AvgIpc) is 3.12. The highest BCUT2D eigenvalue weighted by molar-refractivity contribution is 7.26. The highest BCUT2D eigenvalue weighted by Gasteiger charge is 2.22. The van der Waals surface area contributed by atoms with Gasteiger partial charge in [-0.25, -0.2) is 0 Å². The largest absolute Gasteiger partial charge is 0.135 e. The number of hydrogen-bond acceptors (Lipinski definition) is 1. The smallest absolute Gasteiger partial charge is 0.0499 e. The number of halogens is 1. The molecule has 0 atom stereocenters. The van der Waals surface area contributed by atoms with Gasteiger partial charge in [0.15, 0.2) is 0 Å². The van der Waals surface area contributed by atoms with Gasteiger partial charge in [0, 0.05) is 25.2 Å². The summed E-state index contributed by atoms with van der Waals surface area (Å²) in [7, 11) is 0. The standard InChI is InChI=1S/C22H11ClS/c23-18-8-3-9-19-22(18)17-10-15-13-6-1-4-12-5-2-7-14(21(12)13)16(15)11-20(17)24-19/h1-11H. The van der Waals surface area contributed by atoms with Gasteiger partial charge in [-0.2, -0.15) is 0 Å². The lowest BCUT2D eigenvalue weighted by Crippen LogP contribution is -1.76. The zero-order valence-corrected chi connectivity index (χ0v) is 14.2. The second kappa shape index (κ2) is 4.38. The van der Waals surface area contributed by atoms with E-state index >= 15 is 0 Å². The molecule has 0 N–H and O–H groups in total. The normalized spacial score (nSPS) is 12.4. The topological polar surface area (TPSA) is 0 Å². The van der Waals surface area contributed by atoms with Crippen LogP contribution in [-0.2, 0) is 0 Å². The molecule has 1 aliphatic carbocycles. The van der Waals surface area contributed by atoms with Gasteiger partial charge in [0.05, 0.1) is 0 Å². The molecule has 0 radical (unpaired) electrons. The first-order chi connectivity index (χ1) is 11.8. The molecule has 0 bridgehead atoms. The number of rotatable bonds is 0. The molecule has 4 aromatic carbocycles. The molecule has 0 amide bonds. The summed E-state index contributed by atoms with van der Waals surface area (Å²) in [5, 5.41) is 5.98. The average molecular weight is 343 g/mol. The highest BCUT2D eigenvalue weighted by Crippen LogP contribution is 2.50. The van der Waals surface area contributed by atoms with E-state index in [-0.39, 0.29) is 0 Å². The van der Waals surface area contributed by atoms with Crippen LogP contribution in [0.3, 0.4) is 0 Å². The minimum Gasteiger partial charge on any atom is -0.135 e. The minimum absolute atomic E-state index is 0.840. The lowest BCUT2D eigenvalue weighted by atomic mass is 10.0. The van der Waals surface area contributed by atoms with Crippen LogP contribution in [0.25, 0.3) is 53.2 Å². The third-order valence-electron chi connectivity index (χ3n) is 5.07. The zero-order valence-electron chi connectivity index (χ0n) is 12.6. The van der Waals surface area contributed by atoms with E-state index in [1.54, 1.807) is 0 Å². The Hall–Kier alpha value is -2.35. The van der Waals surface area contributed by atoms with Gasteiger partial charge in [0.25, 0.3) is 0 Å². The molecule has 1 heterocycles. The molecule has 0 saturated carbocycles. The second-order valence-corrected chi connectivity index (χ2v) is 7.81. The molecule has 0 saturated heterocycles. The molecule has 0 nitrogen and oxygen atoms in total. The van der Waals surface area contributed by atoms with Crippen LogP contribution in [0, 0.1) is 0 Å². The molecule has 5 aromatic rings. The minimum atomic E-state index is 0.840. The summed E-state index contributed by atoms with van der Waals surface area (Å²) in [5.41, 5.74) is 5.36. The molecule has 0 aliphatic heterocycles. The Balaban J connectivity index is 1.83. The van der Waals surface area contributed by atoms with Crippen LogP contribution in [0.1, 0.15) is 0 Å². The predicted octanol–water partition coefficient (Wildman–Crippen LogP) is 7.51. The van der Waals surface area contributed by atoms with Gasteiger partial charge < -0.3 is 0 Å². The molecular formula is C22H11ClS. The van der Waals surface area contributed by atoms with Crippen LogP contribution in [-0.4, -0.2) is 0 Å². The van der Waals surface area contributed by atoms with Crippen LogP contribution < -0.4 is 0 Å². The van der Waals surface area contributed by atoms with Crippen LogP contribution >= 0.6 is 22.9 Å². The van der Waals surface area contributed by atoms with E-state index in [0.29, 0.717) is 0 Å². The fourth-order valence-electron chi connectivity index (χ4n) is 4.06. The van der Waals surface area contributed by atoms with Crippen LogP contribution in [0.5, 0.6) is 0 Å². The molecule has 24 heavy (non-hydrogen) atoms. The van der Waals surface area contributed by atoms with E-state index in [4.69, 9.17) is 11.6 Å². The van der Waals surface area contributed by atoms with Crippen LogP contribution in [0.15, 0.2) is 66.7 Å². The summed E-state index contributed by atoms with van der Waals surface area (Å²) in [6.45, 7) is 0. The van der Waals surface area contributed by atoms with Gasteiger partial charge in [0.2, 0.25) is 0 Å². The van der Waals surface area contributed by atoms with E-state index in [0.717, 1.165) is 5.02 Å². The predicted molar refractivity (Wildman–Crippen MR) is 106 cm³/mol. The van der Waals surface area contributed by atoms with Gasteiger partial charge in [-0.05, 0) is 57.3 Å². The summed E-state index contributed by atoms with van der Waals surface area (Å²) >= 11 is 8.33. The third-order valence-corrected chi connectivity index (χ3v) is 6.50. The summed E-state index contributed by atoms with van der Waals surface area (Å²) in [6, 6.07) is 24.0. The van der Waals surface area contributed by atoms with Crippen molar-refractivity contribution in [1.29, 1.82) is 0 Å². The fraction of sp³-hybridized carbons (Fsp3) is 0. The van der Waals surface area contributed by atoms with E-state index < -0.39 is 0 Å². The highest BCUT2D eigenvalue weighted by atomic mass is 35.5. The summed E-state index contributed by atoms with van der Waals surface area (Å²) < 4.78 is 2.56. The number of fused-ring (bicyclic) bond motifs is 6. The SMILES string of the molecule is Clc1cccc2sc3cc4c(cc3c12)-c1cccc2cccc-4c12. The van der Waals surface area contributed by atoms with E-state index in [1.807, 2.05) is 23.5 Å². The van der Waals surface area contributed by atoms with Crippen molar-refractivity contribution >= 4 is 53.9 Å². The van der Waals surface area contributed by atoms with Crippen molar-refractivity contribution < 1.29 is 0 Å². The molecule has 0 spiro atoms. The van der Waals surface area contributed by atoms with Crippen molar-refractivity contribution in [2.24, 2.45) is 0 Å². The summed E-state index contributed by atoms with van der Waals surface area (Å²) in [5.74, 6) is 0. The van der Waals surface area contributed by atoms with Gasteiger partial charge in [-0.15, -0.1) is 11.3 Å². The van der Waals surface area contributed by atoms with Gasteiger partial charge in [-0.3, -0.25) is 0 Å². The van der Waals surface area contributed by atoms with Crippen molar-refractivity contribution in [3.8, 4) is 22.3 Å². The number of thiophene rings is 1. The van der Waals surface area contributed by atoms with Gasteiger partial charge >= 0.3 is 0 Å². The maximum absolute atomic E-state index is 6.51. The molecule has 0 fully saturated rings. The van der Waals surface area contributed by atoms with Crippen LogP contribution in [0.4, 0.5) is 0 Å². The maximum atomic E-state index is 6.51. The molecule has 0 unspecified atom stereocenters. The Bertz CT molecular complexity index is 1310. The second-order valence-electron chi connectivity index (χ2n) is 6.32. The van der Waals surface area contributed by atoms with E-state index in [9.17, 15) is 0 Å². The molecule has 6 rings (SSSR count). The third kappa shape index (κ3) is 1.49. The Morgan fingerprint density at radius 2 is 1.33 bits per heavy atom. The Kier molecular flexibility index (Phi) is 2.37. The van der Waals surface area contributed by atoms with Crippen molar-refractivity contribution in [2.45, 2.75) is 0 Å². The first-order valence-electron chi connectivity index (χ1n) is 7.98. The first kappa shape index (κ1) is 13.0. The maximum Gasteiger partial charge on any atom is 0.0499 e. The fourth-order valence-corrected chi connectivity index (χ4v) is 5.55. The van der Waals surface area contributed by atoms with Crippen molar-refractivity contribution in [3.05, 3.63) is 71.8 Å². The van der Waals surface area contributed by atoms with Crippen molar-refractivity contribution in [2.75, 3.05) is 0 Å². The molecule has 1 aromatic heterocycles. The molecule has 2 heteroatoms. The van der Waals surface area contributed by atoms with Crippen LogP contribution in [0.2, 0.25) is 5.02 Å². The monoisotopic (exact) mass is 342 g/mol. The summed E-state index contributed by atoms with van der Waals surface area (Å²) in [4.78, 5) is 0. The van der Waals surface area contributed by atoms with Crippen molar-refractivity contribution in [3.63, 3.8) is 0 Å². The van der Waals surface area contributed by atoms with Crippen molar-refractivity contribution in [1.82, 2.24) is 0 Å². The summed E-state index contributed by atoms with van der Waals surface area (Å²) in [6.07, 6.45) is 0. The molecule has 112 valence electrons. The van der Waals surface area contributed by atoms with Gasteiger partial charge in [-0.1, -0.05) is 54.1 Å². The Morgan fingerprint density at radius 3 is 2.12 bits per heavy atom. The van der Waals surface area contributed by atoms with E-state index in [2.05, 4.69) is 54.6 Å². The van der Waals surface area contributed by atoms with E-state index in [1.165, 1.54) is 53.2 Å². The zero-order chi connectivity index (χ0) is 15.8. The lowest BCUT2D eigenvalue weighted by Gasteiger charge is -2.03. The molecule has 1 aliphatic rings. The number of benzene rings is 4. The Labute approximate surface area is 147 Å². The lowest BCUT2D eigenvalue weighted by molar-refractivity contribution is 1.78. The van der Waals surface area contributed by atoms with Gasteiger partial charge in [0.1, 0.15) is 0 Å².